The molecule has 0 aromatic carbocycles. The number of nitrogens with one attached hydrogen (secondary N) is 1. The maximum Gasteiger partial charge on any atom is 0.305 e. The minimum Gasteiger partial charge on any atom is -0.466 e. The van der Waals surface area contributed by atoms with Crippen molar-refractivity contribution in [1.29, 1.82) is 0 Å². The van der Waals surface area contributed by atoms with E-state index < -0.39 is 12.1 Å². The molecular formula is C60H113NO5. The maximum absolute atomic E-state index is 12.4. The van der Waals surface area contributed by atoms with E-state index in [0.717, 1.165) is 44.9 Å². The van der Waals surface area contributed by atoms with Gasteiger partial charge in [-0.1, -0.05) is 269 Å². The molecule has 6 heteroatoms. The van der Waals surface area contributed by atoms with Gasteiger partial charge in [0.25, 0.3) is 0 Å². The predicted octanol–water partition coefficient (Wildman–Crippen LogP) is 18.0. The summed E-state index contributed by atoms with van der Waals surface area (Å²) in [4.78, 5) is 24.4. The fourth-order valence-electron chi connectivity index (χ4n) is 8.90. The fraction of sp³-hybridized carbons (Fsp3) is 0.867. The number of esters is 1. The summed E-state index contributed by atoms with van der Waals surface area (Å²) in [6.07, 6.45) is 68.9. The summed E-state index contributed by atoms with van der Waals surface area (Å²) in [6.45, 7) is 4.89. The van der Waals surface area contributed by atoms with E-state index in [1.165, 1.54) is 238 Å². The van der Waals surface area contributed by atoms with Crippen molar-refractivity contribution < 1.29 is 24.5 Å². The van der Waals surface area contributed by atoms with E-state index in [2.05, 4.69) is 43.5 Å². The largest absolute Gasteiger partial charge is 0.466 e. The number of hydrogen-bond acceptors (Lipinski definition) is 5. The Balaban J connectivity index is 3.44. The first kappa shape index (κ1) is 64.1. The number of aliphatic hydroxyl groups excluding tert-OH is 2. The van der Waals surface area contributed by atoms with Crippen LogP contribution in [0, 0.1) is 0 Å². The highest BCUT2D eigenvalue weighted by molar-refractivity contribution is 5.76. The molecule has 1 amide bonds. The summed E-state index contributed by atoms with van der Waals surface area (Å²) in [5.74, 6) is -0.0656. The van der Waals surface area contributed by atoms with Crippen molar-refractivity contribution in [1.82, 2.24) is 5.32 Å². The number of hydrogen-bond donors (Lipinski definition) is 3. The second kappa shape index (κ2) is 55.7. The van der Waals surface area contributed by atoms with Gasteiger partial charge in [0.1, 0.15) is 0 Å². The van der Waals surface area contributed by atoms with Gasteiger partial charge < -0.3 is 20.3 Å². The summed E-state index contributed by atoms with van der Waals surface area (Å²) in [5.41, 5.74) is 0. The summed E-state index contributed by atoms with van der Waals surface area (Å²) >= 11 is 0. The number of aliphatic hydroxyl groups is 2. The van der Waals surface area contributed by atoms with Gasteiger partial charge in [-0.2, -0.15) is 0 Å². The van der Waals surface area contributed by atoms with Gasteiger partial charge in [0, 0.05) is 12.8 Å². The zero-order chi connectivity index (χ0) is 47.9. The van der Waals surface area contributed by atoms with Crippen molar-refractivity contribution in [2.45, 2.75) is 321 Å². The van der Waals surface area contributed by atoms with Crippen molar-refractivity contribution in [3.8, 4) is 0 Å². The minimum atomic E-state index is -0.847. The van der Waals surface area contributed by atoms with E-state index in [1.807, 2.05) is 6.08 Å². The third kappa shape index (κ3) is 51.5. The van der Waals surface area contributed by atoms with Gasteiger partial charge in [-0.25, -0.2) is 0 Å². The summed E-state index contributed by atoms with van der Waals surface area (Å²) in [7, 11) is 0. The molecular weight excluding hydrogens is 815 g/mol. The van der Waals surface area contributed by atoms with E-state index in [9.17, 15) is 19.8 Å². The molecule has 2 unspecified atom stereocenters. The van der Waals surface area contributed by atoms with E-state index in [1.54, 1.807) is 6.08 Å². The SMILES string of the molecule is CCCCCCCCCCC/C=C/C(O)C(CO)NC(=O)CCCCCCCCCCC/C=C\C/C=C\CCCCCCCCCCCOC(=O)CCCCCCCCCCCCCCC. The number of rotatable bonds is 54. The molecule has 0 saturated carbocycles. The molecule has 388 valence electrons. The molecule has 0 rings (SSSR count). The zero-order valence-corrected chi connectivity index (χ0v) is 44.2. The second-order valence-corrected chi connectivity index (χ2v) is 20.0. The van der Waals surface area contributed by atoms with Crippen LogP contribution in [-0.2, 0) is 14.3 Å². The van der Waals surface area contributed by atoms with Gasteiger partial charge in [-0.15, -0.1) is 0 Å². The number of carbonyl (C=O) groups is 2. The van der Waals surface area contributed by atoms with Crippen LogP contribution in [0.3, 0.4) is 0 Å². The van der Waals surface area contributed by atoms with Gasteiger partial charge in [0.2, 0.25) is 5.91 Å². The van der Waals surface area contributed by atoms with Crippen LogP contribution in [0.5, 0.6) is 0 Å². The highest BCUT2D eigenvalue weighted by Crippen LogP contribution is 2.16. The third-order valence-electron chi connectivity index (χ3n) is 13.4. The molecule has 66 heavy (non-hydrogen) atoms. The van der Waals surface area contributed by atoms with Crippen LogP contribution in [0.1, 0.15) is 309 Å². The highest BCUT2D eigenvalue weighted by atomic mass is 16.5. The van der Waals surface area contributed by atoms with Crippen LogP contribution in [0.15, 0.2) is 36.5 Å². The highest BCUT2D eigenvalue weighted by Gasteiger charge is 2.18. The molecule has 0 aliphatic rings. The molecule has 6 nitrogen and oxygen atoms in total. The lowest BCUT2D eigenvalue weighted by molar-refractivity contribution is -0.143. The molecule has 0 saturated heterocycles. The Morgan fingerprint density at radius 2 is 0.758 bits per heavy atom. The monoisotopic (exact) mass is 928 g/mol. The third-order valence-corrected chi connectivity index (χ3v) is 13.4. The van der Waals surface area contributed by atoms with Gasteiger partial charge in [0.05, 0.1) is 25.4 Å². The first-order valence-electron chi connectivity index (χ1n) is 29.3. The van der Waals surface area contributed by atoms with Crippen molar-refractivity contribution in [2.24, 2.45) is 0 Å². The minimum absolute atomic E-state index is 0.00975. The van der Waals surface area contributed by atoms with Gasteiger partial charge in [-0.05, 0) is 64.2 Å². The number of allylic oxidation sites excluding steroid dienone is 5. The zero-order valence-electron chi connectivity index (χ0n) is 44.2. The van der Waals surface area contributed by atoms with Crippen molar-refractivity contribution >= 4 is 11.9 Å². The average Bonchev–Trinajstić information content (AvgIpc) is 3.32. The fourth-order valence-corrected chi connectivity index (χ4v) is 8.90. The summed E-state index contributed by atoms with van der Waals surface area (Å²) in [5, 5.41) is 23.0. The average molecular weight is 929 g/mol. The molecule has 0 bridgehead atoms. The molecule has 0 fully saturated rings. The van der Waals surface area contributed by atoms with E-state index in [4.69, 9.17) is 4.74 Å². The first-order valence-corrected chi connectivity index (χ1v) is 29.3. The Labute approximate surface area is 411 Å². The lowest BCUT2D eigenvalue weighted by Gasteiger charge is -2.20. The lowest BCUT2D eigenvalue weighted by atomic mass is 10.0. The normalized spacial score (nSPS) is 12.8. The molecule has 0 aliphatic heterocycles. The van der Waals surface area contributed by atoms with Crippen LogP contribution in [0.4, 0.5) is 0 Å². The Kier molecular flexibility index (Phi) is 54.1. The standard InChI is InChI=1S/C60H113NO5/c1-3-5-7-9-11-13-15-29-34-38-42-46-50-54-60(65)66-55-51-47-43-39-35-31-28-26-24-22-20-18-16-17-19-21-23-25-27-30-33-37-41-45-49-53-59(64)61-57(56-62)58(63)52-48-44-40-36-32-14-12-10-8-6-4-2/h17-20,48,52,57-58,62-63H,3-16,21-47,49-51,53-56H2,1-2H3,(H,61,64)/b19-17-,20-18-,52-48+. The Morgan fingerprint density at radius 3 is 1.15 bits per heavy atom. The molecule has 0 heterocycles. The van der Waals surface area contributed by atoms with Crippen LogP contribution >= 0.6 is 0 Å². The number of ether oxygens (including phenoxy) is 1. The van der Waals surface area contributed by atoms with E-state index in [-0.39, 0.29) is 18.5 Å². The molecule has 0 spiro atoms. The first-order chi connectivity index (χ1) is 32.5. The second-order valence-electron chi connectivity index (χ2n) is 20.0. The van der Waals surface area contributed by atoms with Crippen LogP contribution in [0.25, 0.3) is 0 Å². The smallest absolute Gasteiger partial charge is 0.305 e. The molecule has 0 aliphatic carbocycles. The van der Waals surface area contributed by atoms with Crippen molar-refractivity contribution in [2.75, 3.05) is 13.2 Å². The quantitative estimate of drug-likeness (QED) is 0.0321. The molecule has 0 aromatic rings. The van der Waals surface area contributed by atoms with Gasteiger partial charge >= 0.3 is 5.97 Å². The maximum atomic E-state index is 12.4. The molecule has 0 radical (unpaired) electrons. The van der Waals surface area contributed by atoms with Crippen LogP contribution in [-0.4, -0.2) is 47.4 Å². The van der Waals surface area contributed by atoms with E-state index >= 15 is 0 Å². The van der Waals surface area contributed by atoms with Crippen LogP contribution < -0.4 is 5.32 Å². The van der Waals surface area contributed by atoms with Gasteiger partial charge in [0.15, 0.2) is 0 Å². The number of unbranched alkanes of at least 4 members (excludes halogenated alkanes) is 39. The summed E-state index contributed by atoms with van der Waals surface area (Å²) in [6, 6.07) is -0.631. The Morgan fingerprint density at radius 1 is 0.424 bits per heavy atom. The Bertz CT molecular complexity index is 1070. The van der Waals surface area contributed by atoms with Crippen molar-refractivity contribution in [3.63, 3.8) is 0 Å². The molecule has 3 N–H and O–H groups in total. The molecule has 2 atom stereocenters. The van der Waals surface area contributed by atoms with E-state index in [0.29, 0.717) is 19.4 Å². The molecule has 0 aromatic heterocycles. The van der Waals surface area contributed by atoms with Gasteiger partial charge in [-0.3, -0.25) is 9.59 Å². The predicted molar refractivity (Wildman–Crippen MR) is 287 cm³/mol. The summed E-state index contributed by atoms with van der Waals surface area (Å²) < 4.78 is 5.47. The number of carbonyl (C=O) groups excluding carboxylic acids is 2. The van der Waals surface area contributed by atoms with Crippen LogP contribution in [0.2, 0.25) is 0 Å². The van der Waals surface area contributed by atoms with Crippen molar-refractivity contribution in [3.05, 3.63) is 36.5 Å². The Hall–Kier alpha value is -1.92. The lowest BCUT2D eigenvalue weighted by Crippen LogP contribution is -2.45. The number of amides is 1. The topological polar surface area (TPSA) is 95.9 Å².